The highest BCUT2D eigenvalue weighted by Crippen LogP contribution is 2.16. The fourth-order valence-electron chi connectivity index (χ4n) is 3.29. The van der Waals surface area contributed by atoms with Crippen LogP contribution in [0.4, 0.5) is 0 Å². The highest BCUT2D eigenvalue weighted by Gasteiger charge is 2.26. The number of sulfonamides is 1. The molecule has 0 aliphatic carbocycles. The molecule has 8 heteroatoms. The Balaban J connectivity index is 1.59. The van der Waals surface area contributed by atoms with Crippen molar-refractivity contribution in [2.75, 3.05) is 40.3 Å². The molecule has 2 aromatic carbocycles. The van der Waals surface area contributed by atoms with Crippen molar-refractivity contribution in [3.8, 4) is 0 Å². The van der Waals surface area contributed by atoms with E-state index in [1.54, 1.807) is 12.1 Å². The van der Waals surface area contributed by atoms with E-state index in [-0.39, 0.29) is 10.8 Å². The molecule has 1 saturated heterocycles. The van der Waals surface area contributed by atoms with E-state index in [0.29, 0.717) is 18.7 Å². The average Bonchev–Trinajstić information content (AvgIpc) is 2.74. The van der Waals surface area contributed by atoms with E-state index in [4.69, 9.17) is 4.84 Å². The molecule has 0 aromatic heterocycles. The lowest BCUT2D eigenvalue weighted by atomic mass is 10.1. The predicted octanol–water partition coefficient (Wildman–Crippen LogP) is 0.409. The maximum atomic E-state index is 12.7. The fraction of sp³-hybridized carbons (Fsp3) is 0.350. The molecule has 0 spiro atoms. The van der Waals surface area contributed by atoms with Gasteiger partial charge in [-0.2, -0.15) is 0 Å². The molecule has 0 saturated carbocycles. The van der Waals surface area contributed by atoms with Crippen LogP contribution >= 0.6 is 0 Å². The van der Waals surface area contributed by atoms with Crippen LogP contribution in [0.5, 0.6) is 0 Å². The highest BCUT2D eigenvalue weighted by atomic mass is 32.2. The van der Waals surface area contributed by atoms with Crippen molar-refractivity contribution < 1.29 is 22.9 Å². The number of hydrogen-bond acceptors (Lipinski definition) is 4. The molecular weight excluding hydrogens is 378 g/mol. The summed E-state index contributed by atoms with van der Waals surface area (Å²) in [7, 11) is -1.10. The second-order valence-electron chi connectivity index (χ2n) is 6.83. The van der Waals surface area contributed by atoms with Gasteiger partial charge in [0, 0.05) is 18.2 Å². The number of nitrogens with one attached hydrogen (secondary N) is 1. The zero-order valence-electron chi connectivity index (χ0n) is 16.2. The van der Waals surface area contributed by atoms with Gasteiger partial charge in [-0.3, -0.25) is 9.63 Å². The van der Waals surface area contributed by atoms with Gasteiger partial charge in [-0.05, 0) is 24.3 Å². The van der Waals surface area contributed by atoms with Crippen molar-refractivity contribution in [3.05, 3.63) is 65.7 Å². The molecule has 0 atom stereocenters. The topological polar surface area (TPSA) is 71.4 Å². The third-order valence-electron chi connectivity index (χ3n) is 5.05. The Morgan fingerprint density at radius 3 is 2.25 bits per heavy atom. The van der Waals surface area contributed by atoms with Gasteiger partial charge in [-0.25, -0.2) is 8.42 Å². The number of carbonyl (C=O) groups excluding carboxylic acids is 1. The van der Waals surface area contributed by atoms with E-state index < -0.39 is 10.0 Å². The number of hydroxylamine groups is 1. The first-order valence-corrected chi connectivity index (χ1v) is 10.7. The fourth-order valence-corrected chi connectivity index (χ4v) is 4.26. The highest BCUT2D eigenvalue weighted by molar-refractivity contribution is 7.89. The van der Waals surface area contributed by atoms with Gasteiger partial charge in [0.15, 0.2) is 0 Å². The monoisotopic (exact) mass is 404 g/mol. The van der Waals surface area contributed by atoms with Gasteiger partial charge >= 0.3 is 0 Å². The van der Waals surface area contributed by atoms with Crippen LogP contribution in [-0.2, 0) is 21.4 Å². The Labute approximate surface area is 166 Å². The first-order chi connectivity index (χ1) is 13.4. The number of hydrogen-bond donors (Lipinski definition) is 1. The molecule has 28 heavy (non-hydrogen) atoms. The Morgan fingerprint density at radius 1 is 1.07 bits per heavy atom. The number of carbonyl (C=O) groups is 1. The van der Waals surface area contributed by atoms with Crippen LogP contribution in [0.15, 0.2) is 59.5 Å². The molecule has 1 fully saturated rings. The van der Waals surface area contributed by atoms with E-state index in [0.717, 1.165) is 24.1 Å². The third-order valence-corrected chi connectivity index (χ3v) is 6.74. The summed E-state index contributed by atoms with van der Waals surface area (Å²) in [6.45, 7) is 4.13. The largest absolute Gasteiger partial charge is 0.328 e. The predicted molar refractivity (Wildman–Crippen MR) is 105 cm³/mol. The summed E-state index contributed by atoms with van der Waals surface area (Å²) in [6.07, 6.45) is 0. The maximum Gasteiger partial charge on any atom is 0.264 e. The molecule has 0 radical (unpaired) electrons. The van der Waals surface area contributed by atoms with Crippen LogP contribution in [0.25, 0.3) is 0 Å². The molecule has 1 amide bonds. The molecule has 0 bridgehead atoms. The summed E-state index contributed by atoms with van der Waals surface area (Å²) < 4.78 is 25.3. The minimum atomic E-state index is -3.71. The third kappa shape index (κ3) is 4.59. The van der Waals surface area contributed by atoms with Gasteiger partial charge in [0.2, 0.25) is 0 Å². The van der Waals surface area contributed by atoms with Crippen LogP contribution < -0.4 is 4.90 Å². The van der Waals surface area contributed by atoms with Crippen LogP contribution in [-0.4, -0.2) is 64.0 Å². The average molecular weight is 405 g/mol. The number of amides is 1. The number of nitrogens with zero attached hydrogens (tertiary/aromatic N) is 2. The summed E-state index contributed by atoms with van der Waals surface area (Å²) >= 11 is 0. The van der Waals surface area contributed by atoms with Crippen molar-refractivity contribution in [1.29, 1.82) is 0 Å². The second-order valence-corrected chi connectivity index (χ2v) is 8.76. The lowest BCUT2D eigenvalue weighted by molar-refractivity contribution is -0.917. The molecule has 1 aliphatic rings. The van der Waals surface area contributed by atoms with Crippen LogP contribution in [0, 0.1) is 0 Å². The summed E-state index contributed by atoms with van der Waals surface area (Å²) in [5.41, 5.74) is 1.79. The van der Waals surface area contributed by atoms with Crippen LogP contribution in [0.2, 0.25) is 0 Å². The van der Waals surface area contributed by atoms with E-state index in [1.807, 2.05) is 23.1 Å². The normalized spacial score (nSPS) is 15.8. The van der Waals surface area contributed by atoms with Crippen LogP contribution in [0.3, 0.4) is 0 Å². The summed E-state index contributed by atoms with van der Waals surface area (Å²) in [5.74, 6) is -0.0668. The Morgan fingerprint density at radius 2 is 1.68 bits per heavy atom. The van der Waals surface area contributed by atoms with Crippen molar-refractivity contribution >= 4 is 15.9 Å². The lowest BCUT2D eigenvalue weighted by Crippen LogP contribution is -3.13. The number of piperazine rings is 1. The first kappa shape index (κ1) is 20.5. The van der Waals surface area contributed by atoms with Gasteiger partial charge in [0.05, 0.1) is 38.2 Å². The van der Waals surface area contributed by atoms with Crippen molar-refractivity contribution in [2.24, 2.45) is 0 Å². The Kier molecular flexibility index (Phi) is 6.46. The van der Waals surface area contributed by atoms with Crippen molar-refractivity contribution in [2.45, 2.75) is 11.4 Å². The standard InChI is InChI=1S/C20H25N3O4S/c1-21(27-2)28(25,26)19-10-8-18(9-11-19)20(24)23-14-12-22(13-15-23)16-17-6-4-3-5-7-17/h3-11H,12-16H2,1-2H3/p+1. The van der Waals surface area contributed by atoms with E-state index in [9.17, 15) is 13.2 Å². The molecule has 1 heterocycles. The molecule has 7 nitrogen and oxygen atoms in total. The van der Waals surface area contributed by atoms with Gasteiger partial charge in [-0.15, -0.1) is 0 Å². The Hall–Kier alpha value is -2.26. The number of quaternary nitrogens is 1. The molecular formula is C20H26N3O4S+. The molecule has 0 unspecified atom stereocenters. The van der Waals surface area contributed by atoms with Crippen molar-refractivity contribution in [3.63, 3.8) is 0 Å². The SMILES string of the molecule is CON(C)S(=O)(=O)c1ccc(C(=O)N2CC[NH+](Cc3ccccc3)CC2)cc1. The van der Waals surface area contributed by atoms with Gasteiger partial charge in [0.25, 0.3) is 15.9 Å². The van der Waals surface area contributed by atoms with Crippen LogP contribution in [0.1, 0.15) is 15.9 Å². The van der Waals surface area contributed by atoms with Gasteiger partial charge < -0.3 is 9.80 Å². The smallest absolute Gasteiger partial charge is 0.264 e. The quantitative estimate of drug-likeness (QED) is 0.708. The Bertz CT molecular complexity index is 893. The van der Waals surface area contributed by atoms with E-state index in [2.05, 4.69) is 12.1 Å². The zero-order chi connectivity index (χ0) is 20.1. The van der Waals surface area contributed by atoms with Gasteiger partial charge in [-0.1, -0.05) is 34.8 Å². The van der Waals surface area contributed by atoms with E-state index >= 15 is 0 Å². The molecule has 2 aromatic rings. The first-order valence-electron chi connectivity index (χ1n) is 9.21. The zero-order valence-corrected chi connectivity index (χ0v) is 17.0. The lowest BCUT2D eigenvalue weighted by Gasteiger charge is -2.32. The second kappa shape index (κ2) is 8.83. The van der Waals surface area contributed by atoms with E-state index in [1.165, 1.54) is 36.8 Å². The number of rotatable bonds is 6. The van der Waals surface area contributed by atoms with Crippen molar-refractivity contribution in [1.82, 2.24) is 9.37 Å². The molecule has 3 rings (SSSR count). The summed E-state index contributed by atoms with van der Waals surface area (Å²) in [6, 6.07) is 16.3. The molecule has 150 valence electrons. The number of benzene rings is 2. The molecule has 1 aliphatic heterocycles. The summed E-state index contributed by atoms with van der Waals surface area (Å²) in [4.78, 5) is 20.9. The maximum absolute atomic E-state index is 12.7. The minimum Gasteiger partial charge on any atom is -0.328 e. The molecule has 1 N–H and O–H groups in total. The minimum absolute atomic E-state index is 0.0668. The van der Waals surface area contributed by atoms with Gasteiger partial charge in [0.1, 0.15) is 6.54 Å². The summed E-state index contributed by atoms with van der Waals surface area (Å²) in [5, 5.41) is 0.